The second kappa shape index (κ2) is 4.96. The smallest absolute Gasteiger partial charge is 0.435 e. The second-order valence-corrected chi connectivity index (χ2v) is 4.96. The van der Waals surface area contributed by atoms with Crippen LogP contribution in [0.5, 0.6) is 5.75 Å². The molecule has 0 aliphatic carbocycles. The van der Waals surface area contributed by atoms with Gasteiger partial charge < -0.3 is 9.64 Å². The quantitative estimate of drug-likeness (QED) is 0.855. The zero-order valence-corrected chi connectivity index (χ0v) is 10.7. The topological polar surface area (TPSA) is 38.2 Å². The number of allylic oxidation sites excluding steroid dienone is 1. The summed E-state index contributed by atoms with van der Waals surface area (Å²) < 4.78 is 43.0. The number of aromatic nitrogens is 2. The van der Waals surface area contributed by atoms with Gasteiger partial charge in [-0.1, -0.05) is 6.08 Å². The molecule has 3 rings (SSSR count). The van der Waals surface area contributed by atoms with Crippen molar-refractivity contribution in [2.45, 2.75) is 31.5 Å². The monoisotopic (exact) mass is 285 g/mol. The molecule has 4 nitrogen and oxygen atoms in total. The van der Waals surface area contributed by atoms with E-state index >= 15 is 0 Å². The van der Waals surface area contributed by atoms with Crippen molar-refractivity contribution in [2.24, 2.45) is 0 Å². The molecule has 2 aliphatic heterocycles. The van der Waals surface area contributed by atoms with Crippen LogP contribution in [-0.4, -0.2) is 34.3 Å². The van der Waals surface area contributed by atoms with Crippen LogP contribution in [0.4, 0.5) is 13.2 Å². The third-order valence-electron chi connectivity index (χ3n) is 3.66. The average molecular weight is 285 g/mol. The maximum absolute atomic E-state index is 12.5. The van der Waals surface area contributed by atoms with Crippen molar-refractivity contribution in [3.63, 3.8) is 0 Å². The van der Waals surface area contributed by atoms with Crippen molar-refractivity contribution in [3.05, 3.63) is 29.7 Å². The average Bonchev–Trinajstić information content (AvgIpc) is 2.99. The molecule has 20 heavy (non-hydrogen) atoms. The molecule has 7 heteroatoms. The Kier molecular flexibility index (Phi) is 3.27. The SMILES string of the molecule is FC(F)(F)c1cc(OC[C@@H]2CCC3=CCCN32)cnn1. The molecule has 0 aromatic carbocycles. The number of rotatable bonds is 3. The normalized spacial score (nSPS) is 21.9. The summed E-state index contributed by atoms with van der Waals surface area (Å²) in [6, 6.07) is 1.13. The molecule has 1 atom stereocenters. The van der Waals surface area contributed by atoms with Gasteiger partial charge >= 0.3 is 6.18 Å². The Hall–Kier alpha value is -1.79. The standard InChI is InChI=1S/C13H14F3N3O/c14-13(15,16)12-6-11(7-17-18-12)20-8-10-4-3-9-2-1-5-19(9)10/h2,6-7,10H,1,3-5,8H2/t10-/m0/s1. The van der Waals surface area contributed by atoms with Crippen molar-refractivity contribution in [2.75, 3.05) is 13.2 Å². The van der Waals surface area contributed by atoms with Gasteiger partial charge in [-0.25, -0.2) is 0 Å². The molecular formula is C13H14F3N3O. The Balaban J connectivity index is 1.63. The Labute approximate surface area is 114 Å². The first kappa shape index (κ1) is 13.2. The maximum Gasteiger partial charge on any atom is 0.435 e. The highest BCUT2D eigenvalue weighted by Crippen LogP contribution is 2.33. The zero-order chi connectivity index (χ0) is 14.2. The van der Waals surface area contributed by atoms with Gasteiger partial charge in [-0.15, -0.1) is 5.10 Å². The third-order valence-corrected chi connectivity index (χ3v) is 3.66. The molecule has 1 saturated heterocycles. The van der Waals surface area contributed by atoms with E-state index in [0.717, 1.165) is 31.9 Å². The minimum Gasteiger partial charge on any atom is -0.490 e. The van der Waals surface area contributed by atoms with E-state index in [9.17, 15) is 13.2 Å². The summed E-state index contributed by atoms with van der Waals surface area (Å²) in [5.41, 5.74) is 0.311. The van der Waals surface area contributed by atoms with Gasteiger partial charge in [0, 0.05) is 18.3 Å². The molecule has 108 valence electrons. The van der Waals surface area contributed by atoms with E-state index in [2.05, 4.69) is 21.2 Å². The summed E-state index contributed by atoms with van der Waals surface area (Å²) in [7, 11) is 0. The molecule has 0 spiro atoms. The second-order valence-electron chi connectivity index (χ2n) is 4.96. The van der Waals surface area contributed by atoms with Crippen molar-refractivity contribution in [3.8, 4) is 5.75 Å². The van der Waals surface area contributed by atoms with Crippen molar-refractivity contribution >= 4 is 0 Å². The molecule has 1 aromatic heterocycles. The molecule has 1 fully saturated rings. The lowest BCUT2D eigenvalue weighted by atomic mass is 10.2. The summed E-state index contributed by atoms with van der Waals surface area (Å²) in [6.07, 6.45) is 1.99. The van der Waals surface area contributed by atoms with Crippen molar-refractivity contribution < 1.29 is 17.9 Å². The van der Waals surface area contributed by atoms with Crippen molar-refractivity contribution in [1.82, 2.24) is 15.1 Å². The Morgan fingerprint density at radius 3 is 3.05 bits per heavy atom. The zero-order valence-electron chi connectivity index (χ0n) is 10.7. The fourth-order valence-corrected chi connectivity index (χ4v) is 2.70. The van der Waals surface area contributed by atoms with Gasteiger partial charge in [-0.05, 0) is 19.3 Å². The van der Waals surface area contributed by atoms with Gasteiger partial charge in [-0.2, -0.15) is 18.3 Å². The van der Waals surface area contributed by atoms with E-state index in [1.165, 1.54) is 11.9 Å². The Bertz CT molecular complexity index is 530. The van der Waals surface area contributed by atoms with Crippen LogP contribution in [0.1, 0.15) is 25.0 Å². The lowest BCUT2D eigenvalue weighted by Crippen LogP contribution is -2.31. The molecule has 0 bridgehead atoms. The van der Waals surface area contributed by atoms with Gasteiger partial charge in [0.15, 0.2) is 5.69 Å². The first-order valence-corrected chi connectivity index (χ1v) is 6.52. The van der Waals surface area contributed by atoms with Crippen molar-refractivity contribution in [1.29, 1.82) is 0 Å². The molecular weight excluding hydrogens is 271 g/mol. The van der Waals surface area contributed by atoms with Crippen LogP contribution < -0.4 is 4.74 Å². The summed E-state index contributed by atoms with van der Waals surface area (Å²) in [5, 5.41) is 6.41. The molecule has 0 radical (unpaired) electrons. The van der Waals surface area contributed by atoms with E-state index < -0.39 is 11.9 Å². The van der Waals surface area contributed by atoms with Crippen LogP contribution in [0.3, 0.4) is 0 Å². The van der Waals surface area contributed by atoms with Crippen LogP contribution in [0, 0.1) is 0 Å². The van der Waals surface area contributed by atoms with Gasteiger partial charge in [-0.3, -0.25) is 0 Å². The summed E-state index contributed by atoms with van der Waals surface area (Å²) in [5.74, 6) is 0.115. The van der Waals surface area contributed by atoms with E-state index in [1.807, 2.05) is 0 Å². The van der Waals surface area contributed by atoms with Crippen LogP contribution in [-0.2, 0) is 6.18 Å². The highest BCUT2D eigenvalue weighted by Gasteiger charge is 2.34. The summed E-state index contributed by atoms with van der Waals surface area (Å²) in [6.45, 7) is 1.35. The number of hydrogen-bond donors (Lipinski definition) is 0. The fraction of sp³-hybridized carbons (Fsp3) is 0.538. The molecule has 0 N–H and O–H groups in total. The molecule has 0 unspecified atom stereocenters. The Morgan fingerprint density at radius 2 is 2.25 bits per heavy atom. The number of hydrogen-bond acceptors (Lipinski definition) is 4. The minimum atomic E-state index is -4.50. The van der Waals surface area contributed by atoms with E-state index in [0.29, 0.717) is 6.61 Å². The van der Waals surface area contributed by atoms with E-state index in [1.54, 1.807) is 0 Å². The third kappa shape index (κ3) is 2.57. The lowest BCUT2D eigenvalue weighted by Gasteiger charge is -2.24. The number of halogens is 3. The minimum absolute atomic E-state index is 0.115. The largest absolute Gasteiger partial charge is 0.490 e. The fourth-order valence-electron chi connectivity index (χ4n) is 2.70. The van der Waals surface area contributed by atoms with Gasteiger partial charge in [0.25, 0.3) is 0 Å². The maximum atomic E-state index is 12.5. The highest BCUT2D eigenvalue weighted by molar-refractivity contribution is 5.21. The molecule has 1 aromatic rings. The van der Waals surface area contributed by atoms with Crippen LogP contribution in [0.15, 0.2) is 24.0 Å². The predicted molar refractivity (Wildman–Crippen MR) is 65.0 cm³/mol. The van der Waals surface area contributed by atoms with E-state index in [-0.39, 0.29) is 11.8 Å². The first-order valence-electron chi connectivity index (χ1n) is 6.52. The van der Waals surface area contributed by atoms with Crippen LogP contribution in [0.25, 0.3) is 0 Å². The number of ether oxygens (including phenoxy) is 1. The van der Waals surface area contributed by atoms with Gasteiger partial charge in [0.2, 0.25) is 0 Å². The molecule has 2 aliphatic rings. The lowest BCUT2D eigenvalue weighted by molar-refractivity contribution is -0.141. The van der Waals surface area contributed by atoms with E-state index in [4.69, 9.17) is 4.74 Å². The molecule has 0 amide bonds. The van der Waals surface area contributed by atoms with Crippen LogP contribution in [0.2, 0.25) is 0 Å². The molecule has 3 heterocycles. The predicted octanol–water partition coefficient (Wildman–Crippen LogP) is 2.63. The van der Waals surface area contributed by atoms with Gasteiger partial charge in [0.1, 0.15) is 12.4 Å². The molecule has 0 saturated carbocycles. The number of nitrogens with zero attached hydrogens (tertiary/aromatic N) is 3. The van der Waals surface area contributed by atoms with Crippen LogP contribution >= 0.6 is 0 Å². The highest BCUT2D eigenvalue weighted by atomic mass is 19.4. The van der Waals surface area contributed by atoms with Gasteiger partial charge in [0.05, 0.1) is 12.2 Å². The number of alkyl halides is 3. The summed E-state index contributed by atoms with van der Waals surface area (Å²) >= 11 is 0. The Morgan fingerprint density at radius 1 is 1.40 bits per heavy atom. The number of fused-ring (bicyclic) bond motifs is 1. The first-order chi connectivity index (χ1) is 9.54. The summed E-state index contributed by atoms with van der Waals surface area (Å²) in [4.78, 5) is 2.28.